The topological polar surface area (TPSA) is 95.9 Å². The van der Waals surface area contributed by atoms with Crippen LogP contribution in [0.5, 0.6) is 0 Å². The maximum atomic E-state index is 12.4. The van der Waals surface area contributed by atoms with Crippen LogP contribution in [-0.2, 0) is 14.3 Å². The van der Waals surface area contributed by atoms with Crippen LogP contribution in [0.15, 0.2) is 24.3 Å². The van der Waals surface area contributed by atoms with Crippen molar-refractivity contribution in [3.05, 3.63) is 24.3 Å². The van der Waals surface area contributed by atoms with Crippen LogP contribution < -0.4 is 5.32 Å². The van der Waals surface area contributed by atoms with Crippen LogP contribution >= 0.6 is 0 Å². The van der Waals surface area contributed by atoms with Gasteiger partial charge in [0.15, 0.2) is 0 Å². The van der Waals surface area contributed by atoms with Gasteiger partial charge in [0.2, 0.25) is 5.91 Å². The van der Waals surface area contributed by atoms with E-state index in [-0.39, 0.29) is 18.5 Å². The first-order valence-electron chi connectivity index (χ1n) is 33.1. The van der Waals surface area contributed by atoms with E-state index in [0.717, 1.165) is 38.5 Å². The Bertz CT molecular complexity index is 1140. The van der Waals surface area contributed by atoms with Gasteiger partial charge in [-0.05, 0) is 57.8 Å². The Morgan fingerprint density at radius 3 is 0.973 bits per heavy atom. The van der Waals surface area contributed by atoms with E-state index >= 15 is 0 Å². The zero-order chi connectivity index (χ0) is 52.9. The molecule has 0 radical (unpaired) electrons. The Morgan fingerprint density at radius 2 is 0.644 bits per heavy atom. The van der Waals surface area contributed by atoms with Crippen LogP contribution in [0.2, 0.25) is 0 Å². The van der Waals surface area contributed by atoms with Crippen molar-refractivity contribution in [2.75, 3.05) is 13.2 Å². The van der Waals surface area contributed by atoms with Gasteiger partial charge in [0.1, 0.15) is 0 Å². The van der Waals surface area contributed by atoms with Crippen molar-refractivity contribution in [1.82, 2.24) is 5.32 Å². The average Bonchev–Trinajstić information content (AvgIpc) is 3.39. The minimum Gasteiger partial charge on any atom is -0.466 e. The molecule has 0 saturated carbocycles. The monoisotopic (exact) mass is 1030 g/mol. The van der Waals surface area contributed by atoms with Crippen LogP contribution in [-0.4, -0.2) is 47.4 Å². The smallest absolute Gasteiger partial charge is 0.305 e. The molecule has 73 heavy (non-hydrogen) atoms. The molecule has 0 rings (SSSR count). The highest BCUT2D eigenvalue weighted by atomic mass is 16.5. The summed E-state index contributed by atoms with van der Waals surface area (Å²) in [6.07, 6.45) is 78.4. The molecule has 6 heteroatoms. The predicted molar refractivity (Wildman–Crippen MR) is 320 cm³/mol. The van der Waals surface area contributed by atoms with Gasteiger partial charge in [0, 0.05) is 12.8 Å². The number of esters is 1. The molecule has 0 heterocycles. The quantitative estimate of drug-likeness (QED) is 0.0320. The number of ether oxygens (including phenoxy) is 1. The van der Waals surface area contributed by atoms with E-state index < -0.39 is 12.1 Å². The van der Waals surface area contributed by atoms with Crippen molar-refractivity contribution < 1.29 is 24.5 Å². The maximum Gasteiger partial charge on any atom is 0.305 e. The highest BCUT2D eigenvalue weighted by molar-refractivity contribution is 5.76. The van der Waals surface area contributed by atoms with Crippen molar-refractivity contribution in [1.29, 1.82) is 0 Å². The predicted octanol–water partition coefficient (Wildman–Crippen LogP) is 21.0. The standard InChI is InChI=1S/C67H129NO5/c1-3-5-7-9-11-13-40-45-49-53-57-61-67(72)73-62-58-54-50-46-42-39-37-35-33-31-29-27-25-23-21-19-17-15-16-18-20-22-24-26-28-30-32-34-36-38-41-44-48-52-56-60-66(71)68-64(63-69)65(70)59-55-51-47-43-14-12-10-8-6-4-2/h17,19,55,59,64-65,69-70H,3-16,18,20-54,56-58,60-63H2,1-2H3,(H,68,71)/b19-17-,59-55+. The maximum absolute atomic E-state index is 12.4. The minimum atomic E-state index is -0.839. The first-order valence-corrected chi connectivity index (χ1v) is 33.1. The summed E-state index contributed by atoms with van der Waals surface area (Å²) >= 11 is 0. The van der Waals surface area contributed by atoms with Crippen LogP contribution in [0, 0.1) is 0 Å². The number of rotatable bonds is 62. The summed E-state index contributed by atoms with van der Waals surface area (Å²) in [5, 5.41) is 23.0. The number of aliphatic hydroxyl groups excluding tert-OH is 2. The van der Waals surface area contributed by atoms with Gasteiger partial charge in [-0.15, -0.1) is 0 Å². The summed E-state index contributed by atoms with van der Waals surface area (Å²) in [5.41, 5.74) is 0. The van der Waals surface area contributed by atoms with Gasteiger partial charge in [0.25, 0.3) is 0 Å². The molecule has 2 unspecified atom stereocenters. The Labute approximate surface area is 456 Å². The lowest BCUT2D eigenvalue weighted by atomic mass is 10.0. The molecule has 0 aliphatic carbocycles. The summed E-state index contributed by atoms with van der Waals surface area (Å²) in [6.45, 7) is 4.90. The summed E-state index contributed by atoms with van der Waals surface area (Å²) < 4.78 is 5.47. The van der Waals surface area contributed by atoms with E-state index in [2.05, 4.69) is 31.3 Å². The summed E-state index contributed by atoms with van der Waals surface area (Å²) in [7, 11) is 0. The molecular formula is C67H129NO5. The van der Waals surface area contributed by atoms with Crippen molar-refractivity contribution in [3.63, 3.8) is 0 Å². The normalized spacial score (nSPS) is 12.7. The van der Waals surface area contributed by atoms with Gasteiger partial charge in [0.05, 0.1) is 25.4 Å². The fourth-order valence-electron chi connectivity index (χ4n) is 10.4. The first-order chi connectivity index (χ1) is 36.0. The molecule has 0 aromatic carbocycles. The van der Waals surface area contributed by atoms with Gasteiger partial charge < -0.3 is 20.3 Å². The number of carbonyl (C=O) groups is 2. The molecular weight excluding hydrogens is 899 g/mol. The number of allylic oxidation sites excluding steroid dienone is 3. The molecule has 0 spiro atoms. The number of aliphatic hydroxyl groups is 2. The number of carbonyl (C=O) groups excluding carboxylic acids is 2. The lowest BCUT2D eigenvalue weighted by Crippen LogP contribution is -2.45. The molecule has 0 bridgehead atoms. The highest BCUT2D eigenvalue weighted by Crippen LogP contribution is 2.18. The molecule has 1 amide bonds. The largest absolute Gasteiger partial charge is 0.466 e. The number of unbranched alkanes of at least 4 members (excludes halogenated alkanes) is 49. The van der Waals surface area contributed by atoms with Crippen molar-refractivity contribution >= 4 is 11.9 Å². The summed E-state index contributed by atoms with van der Waals surface area (Å²) in [5.74, 6) is -0.0451. The van der Waals surface area contributed by atoms with Gasteiger partial charge >= 0.3 is 5.97 Å². The fourth-order valence-corrected chi connectivity index (χ4v) is 10.4. The molecule has 3 N–H and O–H groups in total. The average molecular weight is 1030 g/mol. The molecule has 0 fully saturated rings. The van der Waals surface area contributed by atoms with E-state index in [4.69, 9.17) is 4.74 Å². The van der Waals surface area contributed by atoms with E-state index in [1.807, 2.05) is 6.08 Å². The van der Waals surface area contributed by atoms with Crippen LogP contribution in [0.3, 0.4) is 0 Å². The molecule has 6 nitrogen and oxygen atoms in total. The second-order valence-electron chi connectivity index (χ2n) is 22.8. The molecule has 0 aromatic heterocycles. The summed E-state index contributed by atoms with van der Waals surface area (Å²) in [4.78, 5) is 24.4. The third-order valence-corrected chi connectivity index (χ3v) is 15.5. The van der Waals surface area contributed by atoms with E-state index in [1.165, 1.54) is 302 Å². The Kier molecular flexibility index (Phi) is 61.4. The Hall–Kier alpha value is -1.66. The second kappa shape index (κ2) is 62.9. The second-order valence-corrected chi connectivity index (χ2v) is 22.8. The lowest BCUT2D eigenvalue weighted by molar-refractivity contribution is -0.143. The number of hydrogen-bond donors (Lipinski definition) is 3. The third-order valence-electron chi connectivity index (χ3n) is 15.5. The molecule has 0 aliphatic heterocycles. The fraction of sp³-hybridized carbons (Fsp3) is 0.910. The SMILES string of the molecule is CCCCCCCCCC/C=C/C(O)C(CO)NC(=O)CCCCCCCCCCCCCCCCCCC/C=C\CCCCCCCCCCCCCCCCOC(=O)CCCCCCCCCCCCC. The van der Waals surface area contributed by atoms with Crippen LogP contribution in [0.1, 0.15) is 367 Å². The van der Waals surface area contributed by atoms with Crippen molar-refractivity contribution in [2.24, 2.45) is 0 Å². The van der Waals surface area contributed by atoms with Crippen molar-refractivity contribution in [3.8, 4) is 0 Å². The zero-order valence-electron chi connectivity index (χ0n) is 49.4. The first kappa shape index (κ1) is 71.3. The van der Waals surface area contributed by atoms with Gasteiger partial charge in [-0.25, -0.2) is 0 Å². The number of hydrogen-bond acceptors (Lipinski definition) is 5. The third kappa shape index (κ3) is 59.4. The molecule has 432 valence electrons. The van der Waals surface area contributed by atoms with E-state index in [1.54, 1.807) is 6.08 Å². The highest BCUT2D eigenvalue weighted by Gasteiger charge is 2.18. The summed E-state index contributed by atoms with van der Waals surface area (Å²) in [6, 6.07) is -0.623. The van der Waals surface area contributed by atoms with Crippen LogP contribution in [0.25, 0.3) is 0 Å². The van der Waals surface area contributed by atoms with Gasteiger partial charge in [-0.1, -0.05) is 321 Å². The van der Waals surface area contributed by atoms with E-state index in [0.29, 0.717) is 19.4 Å². The molecule has 0 aliphatic rings. The van der Waals surface area contributed by atoms with E-state index in [9.17, 15) is 19.8 Å². The molecule has 0 aromatic rings. The Morgan fingerprint density at radius 1 is 0.370 bits per heavy atom. The Balaban J connectivity index is 3.32. The molecule has 0 saturated heterocycles. The minimum absolute atomic E-state index is 0.0199. The lowest BCUT2D eigenvalue weighted by Gasteiger charge is -2.20. The molecule has 2 atom stereocenters. The van der Waals surface area contributed by atoms with Crippen LogP contribution in [0.4, 0.5) is 0 Å². The number of amides is 1. The van der Waals surface area contributed by atoms with Gasteiger partial charge in [-0.2, -0.15) is 0 Å². The number of nitrogens with one attached hydrogen (secondary N) is 1. The van der Waals surface area contributed by atoms with Crippen molar-refractivity contribution in [2.45, 2.75) is 379 Å². The van der Waals surface area contributed by atoms with Gasteiger partial charge in [-0.3, -0.25) is 9.59 Å². The zero-order valence-corrected chi connectivity index (χ0v) is 49.4.